The van der Waals surface area contributed by atoms with Gasteiger partial charge in [0.05, 0.1) is 28.8 Å². The number of piperidine rings is 1. The van der Waals surface area contributed by atoms with E-state index in [1.807, 2.05) is 6.92 Å². The molecule has 1 aliphatic heterocycles. The van der Waals surface area contributed by atoms with Gasteiger partial charge in [0, 0.05) is 19.6 Å². The van der Waals surface area contributed by atoms with Crippen molar-refractivity contribution in [2.45, 2.75) is 37.5 Å². The number of amides is 2. The number of methoxy groups -OCH3 is 1. The second-order valence-corrected chi connectivity index (χ2v) is 9.30. The first-order valence-corrected chi connectivity index (χ1v) is 12.2. The summed E-state index contributed by atoms with van der Waals surface area (Å²) in [6.07, 6.45) is 3.68. The van der Waals surface area contributed by atoms with Crippen LogP contribution in [0.3, 0.4) is 0 Å². The van der Waals surface area contributed by atoms with Gasteiger partial charge in [-0.05, 0) is 56.0 Å². The Morgan fingerprint density at radius 1 is 1.03 bits per heavy atom. The number of nitrogens with one attached hydrogen (secondary N) is 2. The van der Waals surface area contributed by atoms with Crippen LogP contribution >= 0.6 is 0 Å². The first kappa shape index (κ1) is 23.6. The SMILES string of the molecule is CCCNC(=O)c1ccccc1NS(=O)(=O)c1ccc(OC)c(C(=O)N2CCCCC2)c1. The number of sulfonamides is 1. The fourth-order valence-corrected chi connectivity index (χ4v) is 4.70. The Labute approximate surface area is 189 Å². The number of ether oxygens (including phenoxy) is 1. The van der Waals surface area contributed by atoms with Crippen molar-refractivity contribution in [1.82, 2.24) is 10.2 Å². The van der Waals surface area contributed by atoms with Crippen molar-refractivity contribution in [3.05, 3.63) is 53.6 Å². The van der Waals surface area contributed by atoms with Crippen LogP contribution in [0.5, 0.6) is 5.75 Å². The molecule has 0 radical (unpaired) electrons. The van der Waals surface area contributed by atoms with Gasteiger partial charge in [-0.25, -0.2) is 8.42 Å². The highest BCUT2D eigenvalue weighted by Gasteiger charge is 2.25. The Morgan fingerprint density at radius 3 is 2.44 bits per heavy atom. The predicted octanol–water partition coefficient (Wildman–Crippen LogP) is 3.26. The molecule has 2 amide bonds. The molecule has 1 aliphatic rings. The van der Waals surface area contributed by atoms with Crippen molar-refractivity contribution in [3.63, 3.8) is 0 Å². The third kappa shape index (κ3) is 5.40. The van der Waals surface area contributed by atoms with E-state index in [4.69, 9.17) is 4.74 Å². The van der Waals surface area contributed by atoms with Gasteiger partial charge >= 0.3 is 0 Å². The molecule has 172 valence electrons. The largest absolute Gasteiger partial charge is 0.496 e. The third-order valence-electron chi connectivity index (χ3n) is 5.31. The van der Waals surface area contributed by atoms with Gasteiger partial charge in [0.2, 0.25) is 0 Å². The Bertz CT molecular complexity index is 1080. The van der Waals surface area contributed by atoms with Crippen molar-refractivity contribution in [2.24, 2.45) is 0 Å². The number of benzene rings is 2. The average molecular weight is 460 g/mol. The van der Waals surface area contributed by atoms with E-state index in [9.17, 15) is 18.0 Å². The van der Waals surface area contributed by atoms with Crippen molar-refractivity contribution in [3.8, 4) is 5.75 Å². The second-order valence-electron chi connectivity index (χ2n) is 7.62. The molecule has 0 aromatic heterocycles. The highest BCUT2D eigenvalue weighted by molar-refractivity contribution is 7.92. The molecule has 8 nitrogen and oxygen atoms in total. The maximum Gasteiger partial charge on any atom is 0.261 e. The van der Waals surface area contributed by atoms with E-state index < -0.39 is 10.0 Å². The van der Waals surface area contributed by atoms with Gasteiger partial charge in [-0.15, -0.1) is 0 Å². The lowest BCUT2D eigenvalue weighted by atomic mass is 10.1. The lowest BCUT2D eigenvalue weighted by Gasteiger charge is -2.27. The molecule has 1 saturated heterocycles. The van der Waals surface area contributed by atoms with Crippen LogP contribution in [0, 0.1) is 0 Å². The van der Waals surface area contributed by atoms with E-state index >= 15 is 0 Å². The normalized spacial score (nSPS) is 14.0. The Hall–Kier alpha value is -3.07. The second kappa shape index (κ2) is 10.5. The van der Waals surface area contributed by atoms with Gasteiger partial charge in [0.1, 0.15) is 5.75 Å². The summed E-state index contributed by atoms with van der Waals surface area (Å²) in [5, 5.41) is 2.75. The molecule has 9 heteroatoms. The highest BCUT2D eigenvalue weighted by Crippen LogP contribution is 2.27. The lowest BCUT2D eigenvalue weighted by Crippen LogP contribution is -2.35. The molecule has 1 heterocycles. The highest BCUT2D eigenvalue weighted by atomic mass is 32.2. The van der Waals surface area contributed by atoms with Crippen molar-refractivity contribution in [1.29, 1.82) is 0 Å². The van der Waals surface area contributed by atoms with Crippen molar-refractivity contribution < 1.29 is 22.7 Å². The van der Waals surface area contributed by atoms with Gasteiger partial charge in [0.25, 0.3) is 21.8 Å². The van der Waals surface area contributed by atoms with Crippen LogP contribution in [-0.2, 0) is 10.0 Å². The van der Waals surface area contributed by atoms with Crippen LogP contribution in [0.25, 0.3) is 0 Å². The maximum absolute atomic E-state index is 13.1. The zero-order valence-electron chi connectivity index (χ0n) is 18.4. The van der Waals surface area contributed by atoms with Gasteiger partial charge in [0.15, 0.2) is 0 Å². The summed E-state index contributed by atoms with van der Waals surface area (Å²) in [4.78, 5) is 27.1. The summed E-state index contributed by atoms with van der Waals surface area (Å²) in [7, 11) is -2.61. The predicted molar refractivity (Wildman–Crippen MR) is 123 cm³/mol. The first-order chi connectivity index (χ1) is 15.4. The number of carbonyl (C=O) groups is 2. The van der Waals surface area contributed by atoms with Gasteiger partial charge in [-0.3, -0.25) is 14.3 Å². The lowest BCUT2D eigenvalue weighted by molar-refractivity contribution is 0.0720. The smallest absolute Gasteiger partial charge is 0.261 e. The van der Waals surface area contributed by atoms with E-state index in [2.05, 4.69) is 10.0 Å². The monoisotopic (exact) mass is 459 g/mol. The summed E-state index contributed by atoms with van der Waals surface area (Å²) in [6, 6.07) is 10.6. The zero-order valence-corrected chi connectivity index (χ0v) is 19.2. The molecule has 0 bridgehead atoms. The molecule has 2 N–H and O–H groups in total. The summed E-state index contributed by atoms with van der Waals surface area (Å²) in [5.74, 6) is -0.294. The molecule has 0 spiro atoms. The molecule has 2 aromatic rings. The third-order valence-corrected chi connectivity index (χ3v) is 6.67. The van der Waals surface area contributed by atoms with Crippen LogP contribution in [0.2, 0.25) is 0 Å². The molecule has 1 fully saturated rings. The average Bonchev–Trinajstić information content (AvgIpc) is 2.82. The van der Waals surface area contributed by atoms with E-state index in [0.29, 0.717) is 25.4 Å². The quantitative estimate of drug-likeness (QED) is 0.630. The Kier molecular flexibility index (Phi) is 7.74. The van der Waals surface area contributed by atoms with E-state index in [1.165, 1.54) is 31.4 Å². The number of nitrogens with zero attached hydrogens (tertiary/aromatic N) is 1. The summed E-state index contributed by atoms with van der Waals surface area (Å²) < 4.78 is 34.1. The fraction of sp³-hybridized carbons (Fsp3) is 0.391. The summed E-state index contributed by atoms with van der Waals surface area (Å²) in [6.45, 7) is 3.69. The number of hydrogen-bond acceptors (Lipinski definition) is 5. The molecular weight excluding hydrogens is 430 g/mol. The van der Waals surface area contributed by atoms with Gasteiger partial charge in [-0.1, -0.05) is 19.1 Å². The molecule has 0 saturated carbocycles. The first-order valence-electron chi connectivity index (χ1n) is 10.7. The van der Waals surface area contributed by atoms with Crippen LogP contribution in [-0.4, -0.2) is 51.9 Å². The number of anilines is 1. The van der Waals surface area contributed by atoms with Crippen molar-refractivity contribution in [2.75, 3.05) is 31.5 Å². The Balaban J connectivity index is 1.91. The fourth-order valence-electron chi connectivity index (χ4n) is 3.60. The number of para-hydroxylation sites is 1. The molecule has 0 aliphatic carbocycles. The molecule has 2 aromatic carbocycles. The van der Waals surface area contributed by atoms with Crippen LogP contribution in [0.4, 0.5) is 5.69 Å². The molecular formula is C23H29N3O5S. The molecule has 32 heavy (non-hydrogen) atoms. The molecule has 0 atom stereocenters. The minimum atomic E-state index is -4.06. The van der Waals surface area contributed by atoms with E-state index in [0.717, 1.165) is 25.7 Å². The summed E-state index contributed by atoms with van der Waals surface area (Å²) in [5.41, 5.74) is 0.592. The van der Waals surface area contributed by atoms with Gasteiger partial charge < -0.3 is 15.0 Å². The minimum Gasteiger partial charge on any atom is -0.496 e. The van der Waals surface area contributed by atoms with Crippen LogP contribution in [0.15, 0.2) is 47.4 Å². The number of carbonyl (C=O) groups excluding carboxylic acids is 2. The van der Waals surface area contributed by atoms with Gasteiger partial charge in [-0.2, -0.15) is 0 Å². The molecule has 3 rings (SSSR count). The molecule has 0 unspecified atom stereocenters. The topological polar surface area (TPSA) is 105 Å². The number of likely N-dealkylation sites (tertiary alicyclic amines) is 1. The minimum absolute atomic E-state index is 0.0811. The van der Waals surface area contributed by atoms with Crippen molar-refractivity contribution >= 4 is 27.5 Å². The van der Waals surface area contributed by atoms with Crippen LogP contribution < -0.4 is 14.8 Å². The van der Waals surface area contributed by atoms with E-state index in [1.54, 1.807) is 23.1 Å². The zero-order chi connectivity index (χ0) is 23.1. The number of hydrogen-bond donors (Lipinski definition) is 2. The van der Waals surface area contributed by atoms with E-state index in [-0.39, 0.29) is 33.5 Å². The Morgan fingerprint density at radius 2 is 1.75 bits per heavy atom. The standard InChI is InChI=1S/C23H29N3O5S/c1-3-13-24-22(27)18-9-5-6-10-20(18)25-32(29,30)17-11-12-21(31-2)19(16-17)23(28)26-14-7-4-8-15-26/h5-6,9-12,16,25H,3-4,7-8,13-15H2,1-2H3,(H,24,27). The summed E-state index contributed by atoms with van der Waals surface area (Å²) >= 11 is 0. The maximum atomic E-state index is 13.1. The number of rotatable bonds is 8. The van der Waals surface area contributed by atoms with Crippen LogP contribution in [0.1, 0.15) is 53.3 Å².